The Kier molecular flexibility index (Phi) is 7.14. The van der Waals surface area contributed by atoms with Crippen molar-refractivity contribution in [2.24, 2.45) is 5.92 Å². The zero-order valence-corrected chi connectivity index (χ0v) is 16.1. The van der Waals surface area contributed by atoms with E-state index >= 15 is 0 Å². The normalized spacial score (nSPS) is 11.6. The Bertz CT molecular complexity index is 846. The van der Waals surface area contributed by atoms with Crippen LogP contribution in [0, 0.1) is 5.92 Å². The van der Waals surface area contributed by atoms with E-state index in [9.17, 15) is 14.4 Å². The van der Waals surface area contributed by atoms with Gasteiger partial charge in [-0.3, -0.25) is 14.4 Å². The molecule has 0 bridgehead atoms. The molecule has 7 nitrogen and oxygen atoms in total. The van der Waals surface area contributed by atoms with Crippen LogP contribution in [-0.4, -0.2) is 36.0 Å². The standard InChI is InChI=1S/C21H24N2O5/c1-13(2)19(23-20(26)15-7-9-17(28-3)10-8-15)21(27)22-16-6-4-5-14(11-16)12-18(24)25/h4-11,13,19H,12H2,1-3H3,(H,22,27)(H,23,26)(H,24,25). The summed E-state index contributed by atoms with van der Waals surface area (Å²) < 4.78 is 5.07. The van der Waals surface area contributed by atoms with Crippen LogP contribution in [0.5, 0.6) is 5.75 Å². The van der Waals surface area contributed by atoms with Gasteiger partial charge in [-0.15, -0.1) is 0 Å². The number of hydrogen-bond acceptors (Lipinski definition) is 4. The third-order valence-electron chi connectivity index (χ3n) is 4.14. The van der Waals surface area contributed by atoms with Gasteiger partial charge in [-0.2, -0.15) is 0 Å². The molecule has 28 heavy (non-hydrogen) atoms. The number of hydrogen-bond donors (Lipinski definition) is 3. The van der Waals surface area contributed by atoms with Gasteiger partial charge in [0.2, 0.25) is 5.91 Å². The van der Waals surface area contributed by atoms with Crippen LogP contribution >= 0.6 is 0 Å². The molecule has 2 aromatic carbocycles. The number of nitrogens with one attached hydrogen (secondary N) is 2. The third-order valence-corrected chi connectivity index (χ3v) is 4.14. The van der Waals surface area contributed by atoms with Gasteiger partial charge in [-0.25, -0.2) is 0 Å². The summed E-state index contributed by atoms with van der Waals surface area (Å²) in [6.07, 6.45) is -0.133. The number of aliphatic carboxylic acids is 1. The fourth-order valence-electron chi connectivity index (χ4n) is 2.66. The quantitative estimate of drug-likeness (QED) is 0.649. The van der Waals surface area contributed by atoms with Crippen molar-refractivity contribution >= 4 is 23.5 Å². The largest absolute Gasteiger partial charge is 0.497 e. The molecular weight excluding hydrogens is 360 g/mol. The number of carbonyl (C=O) groups excluding carboxylic acids is 2. The summed E-state index contributed by atoms with van der Waals surface area (Å²) in [5.41, 5.74) is 1.48. The van der Waals surface area contributed by atoms with Crippen molar-refractivity contribution in [3.05, 3.63) is 59.7 Å². The number of carboxylic acid groups (broad SMARTS) is 1. The Hall–Kier alpha value is -3.35. The van der Waals surface area contributed by atoms with Gasteiger partial charge in [-0.1, -0.05) is 26.0 Å². The van der Waals surface area contributed by atoms with E-state index < -0.39 is 12.0 Å². The average molecular weight is 384 g/mol. The molecule has 0 aromatic heterocycles. The summed E-state index contributed by atoms with van der Waals surface area (Å²) in [6.45, 7) is 3.67. The zero-order chi connectivity index (χ0) is 20.7. The first kappa shape index (κ1) is 21.0. The molecule has 3 N–H and O–H groups in total. The number of carboxylic acids is 1. The van der Waals surface area contributed by atoms with E-state index in [2.05, 4.69) is 10.6 Å². The Morgan fingerprint density at radius 2 is 1.75 bits per heavy atom. The molecule has 2 aromatic rings. The highest BCUT2D eigenvalue weighted by Gasteiger charge is 2.25. The molecule has 0 saturated carbocycles. The Labute approximate surface area is 163 Å². The van der Waals surface area contributed by atoms with Crippen molar-refractivity contribution in [1.82, 2.24) is 5.32 Å². The van der Waals surface area contributed by atoms with Crippen molar-refractivity contribution in [1.29, 1.82) is 0 Å². The van der Waals surface area contributed by atoms with E-state index in [4.69, 9.17) is 9.84 Å². The predicted molar refractivity (Wildman–Crippen MR) is 105 cm³/mol. The first-order valence-corrected chi connectivity index (χ1v) is 8.86. The van der Waals surface area contributed by atoms with Crippen LogP contribution < -0.4 is 15.4 Å². The van der Waals surface area contributed by atoms with Crippen molar-refractivity contribution in [3.8, 4) is 5.75 Å². The minimum atomic E-state index is -0.949. The summed E-state index contributed by atoms with van der Waals surface area (Å²) in [5.74, 6) is -1.20. The van der Waals surface area contributed by atoms with E-state index in [1.165, 1.54) is 0 Å². The van der Waals surface area contributed by atoms with E-state index in [-0.39, 0.29) is 24.2 Å². The number of amides is 2. The summed E-state index contributed by atoms with van der Waals surface area (Å²) >= 11 is 0. The van der Waals surface area contributed by atoms with Gasteiger partial charge in [0.25, 0.3) is 5.91 Å². The lowest BCUT2D eigenvalue weighted by Gasteiger charge is -2.22. The number of ether oxygens (including phenoxy) is 1. The molecule has 2 rings (SSSR count). The van der Waals surface area contributed by atoms with Crippen molar-refractivity contribution in [3.63, 3.8) is 0 Å². The minimum Gasteiger partial charge on any atom is -0.497 e. The monoisotopic (exact) mass is 384 g/mol. The van der Waals surface area contributed by atoms with Crippen LogP contribution in [0.15, 0.2) is 48.5 Å². The fourth-order valence-corrected chi connectivity index (χ4v) is 2.66. The third kappa shape index (κ3) is 5.84. The SMILES string of the molecule is COc1ccc(C(=O)NC(C(=O)Nc2cccc(CC(=O)O)c2)C(C)C)cc1. The second kappa shape index (κ2) is 9.55. The zero-order valence-electron chi connectivity index (χ0n) is 16.1. The first-order chi connectivity index (χ1) is 13.3. The molecule has 0 fully saturated rings. The molecule has 0 heterocycles. The van der Waals surface area contributed by atoms with Crippen molar-refractivity contribution in [2.75, 3.05) is 12.4 Å². The number of benzene rings is 2. The maximum Gasteiger partial charge on any atom is 0.307 e. The number of methoxy groups -OCH3 is 1. The van der Waals surface area contributed by atoms with Crippen LogP contribution in [0.1, 0.15) is 29.8 Å². The van der Waals surface area contributed by atoms with Crippen LogP contribution in [0.2, 0.25) is 0 Å². The molecule has 2 amide bonds. The lowest BCUT2D eigenvalue weighted by atomic mass is 10.0. The highest BCUT2D eigenvalue weighted by atomic mass is 16.5. The lowest BCUT2D eigenvalue weighted by Crippen LogP contribution is -2.47. The van der Waals surface area contributed by atoms with E-state index in [0.29, 0.717) is 22.6 Å². The smallest absolute Gasteiger partial charge is 0.307 e. The van der Waals surface area contributed by atoms with Gasteiger partial charge in [0, 0.05) is 11.3 Å². The Morgan fingerprint density at radius 1 is 1.07 bits per heavy atom. The molecule has 0 aliphatic rings. The second-order valence-corrected chi connectivity index (χ2v) is 6.68. The number of rotatable bonds is 8. The highest BCUT2D eigenvalue weighted by molar-refractivity contribution is 6.01. The van der Waals surface area contributed by atoms with Gasteiger partial charge < -0.3 is 20.5 Å². The number of anilines is 1. The van der Waals surface area contributed by atoms with Crippen LogP contribution in [-0.2, 0) is 16.0 Å². The minimum absolute atomic E-state index is 0.133. The highest BCUT2D eigenvalue weighted by Crippen LogP contribution is 2.15. The first-order valence-electron chi connectivity index (χ1n) is 8.86. The fraction of sp³-hybridized carbons (Fsp3) is 0.286. The Morgan fingerprint density at radius 3 is 2.32 bits per heavy atom. The number of carbonyl (C=O) groups is 3. The summed E-state index contributed by atoms with van der Waals surface area (Å²) in [4.78, 5) is 36.0. The Balaban J connectivity index is 2.09. The molecule has 1 unspecified atom stereocenters. The van der Waals surface area contributed by atoms with Crippen LogP contribution in [0.4, 0.5) is 5.69 Å². The van der Waals surface area contributed by atoms with E-state index in [0.717, 1.165) is 0 Å². The van der Waals surface area contributed by atoms with Gasteiger partial charge in [0.05, 0.1) is 13.5 Å². The molecular formula is C21H24N2O5. The van der Waals surface area contributed by atoms with Crippen LogP contribution in [0.3, 0.4) is 0 Å². The molecule has 0 radical (unpaired) electrons. The molecule has 0 saturated heterocycles. The lowest BCUT2D eigenvalue weighted by molar-refractivity contribution is -0.136. The topological polar surface area (TPSA) is 105 Å². The van der Waals surface area contributed by atoms with Crippen molar-refractivity contribution < 1.29 is 24.2 Å². The molecule has 1 atom stereocenters. The molecule has 0 aliphatic carbocycles. The molecule has 7 heteroatoms. The molecule has 148 valence electrons. The average Bonchev–Trinajstić information content (AvgIpc) is 2.65. The van der Waals surface area contributed by atoms with Gasteiger partial charge in [0.1, 0.15) is 11.8 Å². The van der Waals surface area contributed by atoms with Gasteiger partial charge in [0.15, 0.2) is 0 Å². The summed E-state index contributed by atoms with van der Waals surface area (Å²) in [7, 11) is 1.54. The van der Waals surface area contributed by atoms with Crippen LogP contribution in [0.25, 0.3) is 0 Å². The van der Waals surface area contributed by atoms with Gasteiger partial charge in [-0.05, 0) is 47.9 Å². The summed E-state index contributed by atoms with van der Waals surface area (Å²) in [5, 5.41) is 14.4. The maximum absolute atomic E-state index is 12.7. The molecule has 0 aliphatic heterocycles. The van der Waals surface area contributed by atoms with E-state index in [1.54, 1.807) is 55.6 Å². The molecule has 0 spiro atoms. The predicted octanol–water partition coefficient (Wildman–Crippen LogP) is 2.72. The van der Waals surface area contributed by atoms with Gasteiger partial charge >= 0.3 is 5.97 Å². The second-order valence-electron chi connectivity index (χ2n) is 6.68. The van der Waals surface area contributed by atoms with E-state index in [1.807, 2.05) is 13.8 Å². The van der Waals surface area contributed by atoms with Crippen molar-refractivity contribution in [2.45, 2.75) is 26.3 Å². The summed E-state index contributed by atoms with van der Waals surface area (Å²) in [6, 6.07) is 12.5. The maximum atomic E-state index is 12.7.